The average Bonchev–Trinajstić information content (AvgIpc) is 3.61. The molecule has 0 fully saturated rings. The molecule has 0 aliphatic heterocycles. The first-order valence-electron chi connectivity index (χ1n) is 16.4. The van der Waals surface area contributed by atoms with Gasteiger partial charge in [0.1, 0.15) is 0 Å². The molecular weight excluding hydrogens is 569 g/mol. The molecule has 0 amide bonds. The number of rotatable bonds is 4. The molecule has 0 atom stereocenters. The molecule has 0 aliphatic carbocycles. The lowest BCUT2D eigenvalue weighted by Crippen LogP contribution is -2.00. The Morgan fingerprint density at radius 2 is 0.830 bits per heavy atom. The lowest BCUT2D eigenvalue weighted by Gasteiger charge is -2.15. The van der Waals surface area contributed by atoms with Gasteiger partial charge in [-0.1, -0.05) is 109 Å². The molecule has 0 aliphatic rings. The van der Waals surface area contributed by atoms with E-state index in [0.717, 1.165) is 0 Å². The molecule has 9 aromatic rings. The summed E-state index contributed by atoms with van der Waals surface area (Å²) >= 11 is 0. The molecule has 47 heavy (non-hydrogen) atoms. The second kappa shape index (κ2) is 10.6. The summed E-state index contributed by atoms with van der Waals surface area (Å²) in [5.41, 5.74) is 16.1. The first-order chi connectivity index (χ1) is 23.0. The van der Waals surface area contributed by atoms with E-state index in [4.69, 9.17) is 0 Å². The molecule has 0 saturated heterocycles. The number of para-hydroxylation sites is 2. The standard InChI is InChI=1S/C45H34N2/c1-29-24-30(2)45(31(3)25-29)47-42-19-10-8-17-38(42)40-28-35(21-23-44(40)47)34-20-22-43-39(27-34)37-16-7-9-18-41(37)46(43)36-15-11-14-33(26-36)32-12-5-4-6-13-32/h4-28H,1-3H3. The highest BCUT2D eigenvalue weighted by molar-refractivity contribution is 6.12. The largest absolute Gasteiger partial charge is 0.309 e. The first kappa shape index (κ1) is 27.5. The molecule has 9 rings (SSSR count). The zero-order valence-electron chi connectivity index (χ0n) is 26.8. The van der Waals surface area contributed by atoms with Gasteiger partial charge in [-0.25, -0.2) is 0 Å². The van der Waals surface area contributed by atoms with Crippen molar-refractivity contribution in [3.05, 3.63) is 168 Å². The van der Waals surface area contributed by atoms with Crippen LogP contribution in [0.2, 0.25) is 0 Å². The normalized spacial score (nSPS) is 11.7. The van der Waals surface area contributed by atoms with Gasteiger partial charge in [0.25, 0.3) is 0 Å². The molecule has 2 nitrogen and oxygen atoms in total. The topological polar surface area (TPSA) is 9.86 Å². The zero-order chi connectivity index (χ0) is 31.6. The molecule has 2 heteroatoms. The predicted octanol–water partition coefficient (Wildman–Crippen LogP) is 12.1. The van der Waals surface area contributed by atoms with Gasteiger partial charge in [0.05, 0.1) is 27.8 Å². The van der Waals surface area contributed by atoms with Crippen molar-refractivity contribution in [1.29, 1.82) is 0 Å². The lowest BCUT2D eigenvalue weighted by atomic mass is 10.0. The quantitative estimate of drug-likeness (QED) is 0.190. The van der Waals surface area contributed by atoms with Gasteiger partial charge in [-0.15, -0.1) is 0 Å². The van der Waals surface area contributed by atoms with E-state index in [1.54, 1.807) is 0 Å². The summed E-state index contributed by atoms with van der Waals surface area (Å²) in [6.45, 7) is 6.64. The van der Waals surface area contributed by atoms with Crippen LogP contribution in [0.1, 0.15) is 16.7 Å². The van der Waals surface area contributed by atoms with E-state index in [1.807, 2.05) is 0 Å². The van der Waals surface area contributed by atoms with Crippen molar-refractivity contribution in [3.63, 3.8) is 0 Å². The van der Waals surface area contributed by atoms with Crippen molar-refractivity contribution in [3.8, 4) is 33.6 Å². The van der Waals surface area contributed by atoms with Crippen LogP contribution >= 0.6 is 0 Å². The molecule has 0 radical (unpaired) electrons. The van der Waals surface area contributed by atoms with E-state index < -0.39 is 0 Å². The van der Waals surface area contributed by atoms with Crippen LogP contribution in [0.3, 0.4) is 0 Å². The molecule has 2 aromatic heterocycles. The Labute approximate surface area is 274 Å². The molecule has 2 heterocycles. The molecule has 0 bridgehead atoms. The number of benzene rings is 7. The van der Waals surface area contributed by atoms with E-state index in [9.17, 15) is 0 Å². The molecular formula is C45H34N2. The number of nitrogens with zero attached hydrogens (tertiary/aromatic N) is 2. The van der Waals surface area contributed by atoms with Gasteiger partial charge in [-0.05, 0) is 103 Å². The molecule has 224 valence electrons. The van der Waals surface area contributed by atoms with E-state index in [0.29, 0.717) is 0 Å². The van der Waals surface area contributed by atoms with Crippen LogP contribution in [0.5, 0.6) is 0 Å². The maximum absolute atomic E-state index is 2.46. The molecule has 0 saturated carbocycles. The average molecular weight is 603 g/mol. The number of fused-ring (bicyclic) bond motifs is 6. The monoisotopic (exact) mass is 602 g/mol. The molecule has 0 N–H and O–H groups in total. The summed E-state index contributed by atoms with van der Waals surface area (Å²) in [6, 6.07) is 55.6. The van der Waals surface area contributed by atoms with Crippen molar-refractivity contribution in [1.82, 2.24) is 9.13 Å². The van der Waals surface area contributed by atoms with E-state index >= 15 is 0 Å². The third-order valence-corrected chi connectivity index (χ3v) is 9.75. The Kier molecular flexibility index (Phi) is 6.20. The van der Waals surface area contributed by atoms with Crippen LogP contribution < -0.4 is 0 Å². The van der Waals surface area contributed by atoms with Gasteiger partial charge in [0.2, 0.25) is 0 Å². The van der Waals surface area contributed by atoms with Crippen molar-refractivity contribution in [2.24, 2.45) is 0 Å². The third-order valence-electron chi connectivity index (χ3n) is 9.75. The Bertz CT molecular complexity index is 2630. The van der Waals surface area contributed by atoms with Gasteiger partial charge in [-0.3, -0.25) is 0 Å². The van der Waals surface area contributed by atoms with Crippen LogP contribution in [-0.4, -0.2) is 9.13 Å². The van der Waals surface area contributed by atoms with Crippen molar-refractivity contribution in [2.45, 2.75) is 20.8 Å². The number of hydrogen-bond donors (Lipinski definition) is 0. The van der Waals surface area contributed by atoms with Gasteiger partial charge in [0.15, 0.2) is 0 Å². The Balaban J connectivity index is 1.23. The molecule has 0 spiro atoms. The predicted molar refractivity (Wildman–Crippen MR) is 200 cm³/mol. The fraction of sp³-hybridized carbons (Fsp3) is 0.0667. The first-order valence-corrected chi connectivity index (χ1v) is 16.4. The van der Waals surface area contributed by atoms with Crippen LogP contribution in [0.15, 0.2) is 152 Å². The number of aromatic nitrogens is 2. The van der Waals surface area contributed by atoms with Crippen LogP contribution in [0, 0.1) is 20.8 Å². The highest BCUT2D eigenvalue weighted by Crippen LogP contribution is 2.39. The van der Waals surface area contributed by atoms with Gasteiger partial charge >= 0.3 is 0 Å². The van der Waals surface area contributed by atoms with Gasteiger partial charge in [0, 0.05) is 27.2 Å². The van der Waals surface area contributed by atoms with Crippen molar-refractivity contribution >= 4 is 43.6 Å². The highest BCUT2D eigenvalue weighted by Gasteiger charge is 2.18. The summed E-state index contributed by atoms with van der Waals surface area (Å²) in [5, 5.41) is 5.08. The summed E-state index contributed by atoms with van der Waals surface area (Å²) < 4.78 is 4.86. The second-order valence-electron chi connectivity index (χ2n) is 12.8. The summed E-state index contributed by atoms with van der Waals surface area (Å²) in [4.78, 5) is 0. The minimum Gasteiger partial charge on any atom is -0.309 e. The third kappa shape index (κ3) is 4.33. The number of aryl methyl sites for hydroxylation is 3. The number of hydrogen-bond acceptors (Lipinski definition) is 0. The van der Waals surface area contributed by atoms with E-state index in [-0.39, 0.29) is 0 Å². The van der Waals surface area contributed by atoms with Crippen LogP contribution in [0.4, 0.5) is 0 Å². The second-order valence-corrected chi connectivity index (χ2v) is 12.8. The highest BCUT2D eigenvalue weighted by atomic mass is 15.0. The lowest BCUT2D eigenvalue weighted by molar-refractivity contribution is 1.11. The Hall–Kier alpha value is -5.86. The Morgan fingerprint density at radius 3 is 1.47 bits per heavy atom. The minimum absolute atomic E-state index is 1.17. The molecule has 0 unspecified atom stereocenters. The van der Waals surface area contributed by atoms with E-state index in [1.165, 1.54) is 93.9 Å². The van der Waals surface area contributed by atoms with E-state index in [2.05, 4.69) is 182 Å². The van der Waals surface area contributed by atoms with Gasteiger partial charge in [-0.2, -0.15) is 0 Å². The fourth-order valence-corrected chi connectivity index (χ4v) is 7.80. The fourth-order valence-electron chi connectivity index (χ4n) is 7.80. The zero-order valence-corrected chi connectivity index (χ0v) is 26.8. The molecule has 7 aromatic carbocycles. The Morgan fingerprint density at radius 1 is 0.340 bits per heavy atom. The summed E-state index contributed by atoms with van der Waals surface area (Å²) in [6.07, 6.45) is 0. The summed E-state index contributed by atoms with van der Waals surface area (Å²) in [5.74, 6) is 0. The van der Waals surface area contributed by atoms with Crippen molar-refractivity contribution < 1.29 is 0 Å². The van der Waals surface area contributed by atoms with Crippen molar-refractivity contribution in [2.75, 3.05) is 0 Å². The SMILES string of the molecule is Cc1cc(C)c(-n2c3ccccc3c3cc(-c4ccc5c(c4)c4ccccc4n5-c4cccc(-c5ccccc5)c4)ccc32)c(C)c1. The van der Waals surface area contributed by atoms with Gasteiger partial charge < -0.3 is 9.13 Å². The maximum Gasteiger partial charge on any atom is 0.0541 e. The smallest absolute Gasteiger partial charge is 0.0541 e. The van der Waals surface area contributed by atoms with Crippen LogP contribution in [-0.2, 0) is 0 Å². The summed E-state index contributed by atoms with van der Waals surface area (Å²) in [7, 11) is 0. The van der Waals surface area contributed by atoms with Crippen LogP contribution in [0.25, 0.3) is 77.2 Å². The maximum atomic E-state index is 2.46. The minimum atomic E-state index is 1.17.